The van der Waals surface area contributed by atoms with Crippen LogP contribution in [0.5, 0.6) is 0 Å². The van der Waals surface area contributed by atoms with Gasteiger partial charge in [-0.25, -0.2) is 0 Å². The molecule has 0 radical (unpaired) electrons. The Morgan fingerprint density at radius 2 is 2.00 bits per heavy atom. The maximum Gasteiger partial charge on any atom is 0.256 e. The van der Waals surface area contributed by atoms with Gasteiger partial charge in [-0.15, -0.1) is 0 Å². The molecule has 0 aliphatic rings. The van der Waals surface area contributed by atoms with E-state index in [1.807, 2.05) is 29.8 Å². The molecule has 1 aromatic heterocycles. The Balaban J connectivity index is 2.30. The van der Waals surface area contributed by atoms with Crippen LogP contribution >= 0.6 is 11.3 Å². The number of thiophene rings is 1. The first-order chi connectivity index (χ1) is 9.13. The standard InChI is InChI=1S/C14H14N2O2S/c1-9-7-19-8-12(9)14(17)15-13-6-4-3-5-11(13)10(2)16-18/h3-8,18H,1-2H3,(H,15,17). The van der Waals surface area contributed by atoms with Crippen LogP contribution in [0.3, 0.4) is 0 Å². The van der Waals surface area contributed by atoms with Crippen molar-refractivity contribution in [2.24, 2.45) is 5.16 Å². The van der Waals surface area contributed by atoms with Crippen molar-refractivity contribution in [2.75, 3.05) is 5.32 Å². The van der Waals surface area contributed by atoms with Crippen molar-refractivity contribution >= 4 is 28.6 Å². The van der Waals surface area contributed by atoms with Gasteiger partial charge in [-0.2, -0.15) is 11.3 Å². The van der Waals surface area contributed by atoms with Crippen molar-refractivity contribution in [1.29, 1.82) is 0 Å². The number of nitrogens with zero attached hydrogens (tertiary/aromatic N) is 1. The normalized spacial score (nSPS) is 11.4. The third-order valence-electron chi connectivity index (χ3n) is 2.82. The Labute approximate surface area is 115 Å². The van der Waals surface area contributed by atoms with Gasteiger partial charge in [0.15, 0.2) is 0 Å². The van der Waals surface area contributed by atoms with E-state index in [0.29, 0.717) is 22.5 Å². The number of anilines is 1. The molecular weight excluding hydrogens is 260 g/mol. The van der Waals surface area contributed by atoms with E-state index >= 15 is 0 Å². The summed E-state index contributed by atoms with van der Waals surface area (Å²) in [6, 6.07) is 7.23. The number of benzene rings is 1. The average molecular weight is 274 g/mol. The third-order valence-corrected chi connectivity index (χ3v) is 3.68. The molecule has 5 heteroatoms. The molecule has 2 N–H and O–H groups in total. The zero-order valence-corrected chi connectivity index (χ0v) is 11.5. The van der Waals surface area contributed by atoms with Gasteiger partial charge in [-0.3, -0.25) is 4.79 Å². The van der Waals surface area contributed by atoms with Crippen molar-refractivity contribution in [1.82, 2.24) is 0 Å². The van der Waals surface area contributed by atoms with E-state index in [9.17, 15) is 4.79 Å². The lowest BCUT2D eigenvalue weighted by Gasteiger charge is -2.10. The fraction of sp³-hybridized carbons (Fsp3) is 0.143. The summed E-state index contributed by atoms with van der Waals surface area (Å²) in [6.45, 7) is 3.58. The molecule has 4 nitrogen and oxygen atoms in total. The van der Waals surface area contributed by atoms with Crippen LogP contribution in [0.1, 0.15) is 28.4 Å². The molecule has 0 unspecified atom stereocenters. The third kappa shape index (κ3) is 2.82. The number of hydrogen-bond acceptors (Lipinski definition) is 4. The highest BCUT2D eigenvalue weighted by atomic mass is 32.1. The van der Waals surface area contributed by atoms with Gasteiger partial charge in [0.25, 0.3) is 5.91 Å². The van der Waals surface area contributed by atoms with E-state index < -0.39 is 0 Å². The van der Waals surface area contributed by atoms with Gasteiger partial charge in [-0.1, -0.05) is 23.4 Å². The summed E-state index contributed by atoms with van der Waals surface area (Å²) in [4.78, 5) is 12.2. The number of carbonyl (C=O) groups excluding carboxylic acids is 1. The fourth-order valence-corrected chi connectivity index (χ4v) is 2.57. The molecule has 0 aliphatic carbocycles. The smallest absolute Gasteiger partial charge is 0.256 e. The Kier molecular flexibility index (Phi) is 3.97. The van der Waals surface area contributed by atoms with Gasteiger partial charge in [-0.05, 0) is 30.9 Å². The maximum atomic E-state index is 12.2. The number of amides is 1. The molecular formula is C14H14N2O2S. The number of aryl methyl sites for hydroxylation is 1. The molecule has 0 saturated carbocycles. The van der Waals surface area contributed by atoms with Gasteiger partial charge < -0.3 is 10.5 Å². The monoisotopic (exact) mass is 274 g/mol. The lowest BCUT2D eigenvalue weighted by molar-refractivity contribution is 0.102. The van der Waals surface area contributed by atoms with E-state index in [0.717, 1.165) is 5.56 Å². The molecule has 0 fully saturated rings. The quantitative estimate of drug-likeness (QED) is 0.511. The van der Waals surface area contributed by atoms with Crippen LogP contribution in [-0.4, -0.2) is 16.8 Å². The number of oxime groups is 1. The number of nitrogens with one attached hydrogen (secondary N) is 1. The predicted octanol–water partition coefficient (Wildman–Crippen LogP) is 3.51. The van der Waals surface area contributed by atoms with Crippen molar-refractivity contribution in [3.05, 3.63) is 51.7 Å². The van der Waals surface area contributed by atoms with E-state index in [1.54, 1.807) is 19.1 Å². The topological polar surface area (TPSA) is 61.7 Å². The van der Waals surface area contributed by atoms with Crippen molar-refractivity contribution in [2.45, 2.75) is 13.8 Å². The Hall–Kier alpha value is -2.14. The van der Waals surface area contributed by atoms with Crippen LogP contribution in [0.25, 0.3) is 0 Å². The van der Waals surface area contributed by atoms with Crippen LogP contribution < -0.4 is 5.32 Å². The summed E-state index contributed by atoms with van der Waals surface area (Å²) in [5.74, 6) is -0.156. The molecule has 98 valence electrons. The first kappa shape index (κ1) is 13.3. The van der Waals surface area contributed by atoms with Crippen LogP contribution in [0.15, 0.2) is 40.2 Å². The predicted molar refractivity (Wildman–Crippen MR) is 77.4 cm³/mol. The van der Waals surface area contributed by atoms with E-state index in [-0.39, 0.29) is 5.91 Å². The first-order valence-corrected chi connectivity index (χ1v) is 6.70. The lowest BCUT2D eigenvalue weighted by atomic mass is 10.1. The zero-order valence-electron chi connectivity index (χ0n) is 10.7. The summed E-state index contributed by atoms with van der Waals surface area (Å²) in [6.07, 6.45) is 0. The minimum absolute atomic E-state index is 0.156. The summed E-state index contributed by atoms with van der Waals surface area (Å²) in [5, 5.41) is 18.6. The number of para-hydroxylation sites is 1. The minimum atomic E-state index is -0.156. The van der Waals surface area contributed by atoms with Gasteiger partial charge >= 0.3 is 0 Å². The molecule has 0 saturated heterocycles. The number of rotatable bonds is 3. The molecule has 0 atom stereocenters. The molecule has 2 aromatic rings. The highest BCUT2D eigenvalue weighted by Gasteiger charge is 2.13. The average Bonchev–Trinajstić information content (AvgIpc) is 2.85. The van der Waals surface area contributed by atoms with E-state index in [1.165, 1.54) is 11.3 Å². The van der Waals surface area contributed by atoms with Crippen LogP contribution in [0.2, 0.25) is 0 Å². The van der Waals surface area contributed by atoms with Crippen LogP contribution in [-0.2, 0) is 0 Å². The fourth-order valence-electron chi connectivity index (χ4n) is 1.74. The van der Waals surface area contributed by atoms with Crippen molar-refractivity contribution < 1.29 is 10.0 Å². The Bertz CT molecular complexity index is 632. The highest BCUT2D eigenvalue weighted by molar-refractivity contribution is 7.08. The first-order valence-electron chi connectivity index (χ1n) is 5.75. The van der Waals surface area contributed by atoms with Crippen molar-refractivity contribution in [3.8, 4) is 0 Å². The van der Waals surface area contributed by atoms with Gasteiger partial charge in [0.05, 0.1) is 17.0 Å². The molecule has 1 aromatic carbocycles. The van der Waals surface area contributed by atoms with Gasteiger partial charge in [0.2, 0.25) is 0 Å². The number of hydrogen-bond donors (Lipinski definition) is 2. The second-order valence-corrected chi connectivity index (χ2v) is 4.90. The summed E-state index contributed by atoms with van der Waals surface area (Å²) >= 11 is 1.50. The van der Waals surface area contributed by atoms with Crippen LogP contribution in [0.4, 0.5) is 5.69 Å². The summed E-state index contributed by atoms with van der Waals surface area (Å²) < 4.78 is 0. The molecule has 19 heavy (non-hydrogen) atoms. The van der Waals surface area contributed by atoms with Crippen molar-refractivity contribution in [3.63, 3.8) is 0 Å². The van der Waals surface area contributed by atoms with Crippen LogP contribution in [0, 0.1) is 6.92 Å². The largest absolute Gasteiger partial charge is 0.411 e. The summed E-state index contributed by atoms with van der Waals surface area (Å²) in [5.41, 5.74) is 3.41. The number of carbonyl (C=O) groups is 1. The maximum absolute atomic E-state index is 12.2. The van der Waals surface area contributed by atoms with Gasteiger partial charge in [0, 0.05) is 10.9 Å². The molecule has 0 aliphatic heterocycles. The SMILES string of the molecule is CC(=NO)c1ccccc1NC(=O)c1cscc1C. The molecule has 0 bridgehead atoms. The molecule has 0 spiro atoms. The molecule has 2 rings (SSSR count). The molecule has 1 amide bonds. The second kappa shape index (κ2) is 5.67. The van der Waals surface area contributed by atoms with E-state index in [2.05, 4.69) is 10.5 Å². The zero-order chi connectivity index (χ0) is 13.8. The lowest BCUT2D eigenvalue weighted by Crippen LogP contribution is -2.14. The Morgan fingerprint density at radius 3 is 2.63 bits per heavy atom. The summed E-state index contributed by atoms with van der Waals surface area (Å²) in [7, 11) is 0. The highest BCUT2D eigenvalue weighted by Crippen LogP contribution is 2.19. The molecule has 1 heterocycles. The second-order valence-electron chi connectivity index (χ2n) is 4.15. The minimum Gasteiger partial charge on any atom is -0.411 e. The van der Waals surface area contributed by atoms with Gasteiger partial charge in [0.1, 0.15) is 0 Å². The Morgan fingerprint density at radius 1 is 1.26 bits per heavy atom. The van der Waals surface area contributed by atoms with E-state index in [4.69, 9.17) is 5.21 Å².